The molecule has 2 amide bonds. The Labute approximate surface area is 115 Å². The van der Waals surface area contributed by atoms with E-state index < -0.39 is 0 Å². The molecule has 0 bridgehead atoms. The maximum atomic E-state index is 12.1. The van der Waals surface area contributed by atoms with E-state index in [-0.39, 0.29) is 17.2 Å². The molecule has 5 heteroatoms. The molecule has 0 radical (unpaired) electrons. The highest BCUT2D eigenvalue weighted by Crippen LogP contribution is 2.37. The van der Waals surface area contributed by atoms with Crippen molar-refractivity contribution in [2.75, 3.05) is 19.6 Å². The molecule has 0 aromatic carbocycles. The van der Waals surface area contributed by atoms with Crippen LogP contribution in [0, 0.1) is 11.3 Å². The van der Waals surface area contributed by atoms with Gasteiger partial charge in [0.1, 0.15) is 0 Å². The topological polar surface area (TPSA) is 84.2 Å². The van der Waals surface area contributed by atoms with Gasteiger partial charge < -0.3 is 16.4 Å². The van der Waals surface area contributed by atoms with Crippen LogP contribution in [0.15, 0.2) is 0 Å². The predicted molar refractivity (Wildman–Crippen MR) is 75.4 cm³/mol. The van der Waals surface area contributed by atoms with E-state index in [1.165, 1.54) is 0 Å². The Balaban J connectivity index is 2.25. The first-order valence-corrected chi connectivity index (χ1v) is 7.25. The molecule has 1 saturated carbocycles. The van der Waals surface area contributed by atoms with Crippen LogP contribution in [0.4, 0.5) is 0 Å². The number of rotatable bonds is 7. The Morgan fingerprint density at radius 1 is 1.21 bits per heavy atom. The van der Waals surface area contributed by atoms with Gasteiger partial charge in [-0.2, -0.15) is 0 Å². The van der Waals surface area contributed by atoms with E-state index in [0.717, 1.165) is 25.7 Å². The van der Waals surface area contributed by atoms with E-state index in [1.54, 1.807) is 0 Å². The first-order chi connectivity index (χ1) is 9.00. The van der Waals surface area contributed by atoms with Crippen LogP contribution in [-0.2, 0) is 9.59 Å². The number of nitrogens with two attached hydrogens (primary N) is 1. The van der Waals surface area contributed by atoms with Crippen molar-refractivity contribution in [2.45, 2.75) is 46.0 Å². The minimum atomic E-state index is -0.381. The fourth-order valence-corrected chi connectivity index (χ4v) is 2.46. The minimum Gasteiger partial charge on any atom is -0.356 e. The second-order valence-corrected chi connectivity index (χ2v) is 5.90. The fourth-order valence-electron chi connectivity index (χ4n) is 2.46. The summed E-state index contributed by atoms with van der Waals surface area (Å²) >= 11 is 0. The van der Waals surface area contributed by atoms with Gasteiger partial charge in [0, 0.05) is 26.1 Å². The summed E-state index contributed by atoms with van der Waals surface area (Å²) in [5, 5.41) is 5.69. The molecule has 1 rings (SSSR count). The second kappa shape index (κ2) is 7.48. The Morgan fingerprint density at radius 3 is 2.37 bits per heavy atom. The number of carbonyl (C=O) groups excluding carboxylic acids is 2. The maximum absolute atomic E-state index is 12.1. The lowest BCUT2D eigenvalue weighted by atomic mass is 9.85. The third-order valence-electron chi connectivity index (χ3n) is 3.78. The lowest BCUT2D eigenvalue weighted by Gasteiger charge is -2.25. The molecule has 5 nitrogen and oxygen atoms in total. The SMILES string of the molecule is CC(C)CNC(=O)CCNC(=O)C1(CN)CCCC1. The molecule has 1 aliphatic rings. The zero-order valence-electron chi connectivity index (χ0n) is 12.1. The number of hydrogen-bond donors (Lipinski definition) is 3. The average Bonchev–Trinajstić information content (AvgIpc) is 2.86. The van der Waals surface area contributed by atoms with Gasteiger partial charge in [0.05, 0.1) is 5.41 Å². The number of nitrogens with one attached hydrogen (secondary N) is 2. The molecule has 0 aliphatic heterocycles. The van der Waals surface area contributed by atoms with Crippen molar-refractivity contribution in [1.29, 1.82) is 0 Å². The van der Waals surface area contributed by atoms with Crippen molar-refractivity contribution >= 4 is 11.8 Å². The molecule has 0 atom stereocenters. The maximum Gasteiger partial charge on any atom is 0.227 e. The number of hydrogen-bond acceptors (Lipinski definition) is 3. The molecule has 0 aromatic heterocycles. The second-order valence-electron chi connectivity index (χ2n) is 5.90. The first-order valence-electron chi connectivity index (χ1n) is 7.25. The fraction of sp³-hybridized carbons (Fsp3) is 0.857. The summed E-state index contributed by atoms with van der Waals surface area (Å²) in [6.07, 6.45) is 4.21. The molecule has 0 saturated heterocycles. The van der Waals surface area contributed by atoms with Crippen molar-refractivity contribution in [2.24, 2.45) is 17.1 Å². The molecule has 1 aliphatic carbocycles. The zero-order chi connectivity index (χ0) is 14.3. The van der Waals surface area contributed by atoms with Gasteiger partial charge in [-0.05, 0) is 18.8 Å². The van der Waals surface area contributed by atoms with Gasteiger partial charge >= 0.3 is 0 Å². The van der Waals surface area contributed by atoms with Gasteiger partial charge in [0.15, 0.2) is 0 Å². The largest absolute Gasteiger partial charge is 0.356 e. The quantitative estimate of drug-likeness (QED) is 0.638. The number of amides is 2. The highest BCUT2D eigenvalue weighted by atomic mass is 16.2. The van der Waals surface area contributed by atoms with E-state index in [2.05, 4.69) is 10.6 Å². The summed E-state index contributed by atoms with van der Waals surface area (Å²) in [6.45, 7) is 5.57. The van der Waals surface area contributed by atoms with E-state index in [1.807, 2.05) is 13.8 Å². The van der Waals surface area contributed by atoms with Gasteiger partial charge in [0.2, 0.25) is 11.8 Å². The van der Waals surface area contributed by atoms with Crippen LogP contribution in [0.2, 0.25) is 0 Å². The van der Waals surface area contributed by atoms with Crippen LogP contribution < -0.4 is 16.4 Å². The number of carbonyl (C=O) groups is 2. The molecule has 0 spiro atoms. The molecule has 0 unspecified atom stereocenters. The molecular weight excluding hydrogens is 242 g/mol. The van der Waals surface area contributed by atoms with Crippen LogP contribution >= 0.6 is 0 Å². The monoisotopic (exact) mass is 269 g/mol. The van der Waals surface area contributed by atoms with Crippen molar-refractivity contribution in [1.82, 2.24) is 10.6 Å². The zero-order valence-corrected chi connectivity index (χ0v) is 12.1. The molecular formula is C14H27N3O2. The van der Waals surface area contributed by atoms with E-state index in [9.17, 15) is 9.59 Å². The Morgan fingerprint density at radius 2 is 1.84 bits per heavy atom. The van der Waals surface area contributed by atoms with Gasteiger partial charge in [0.25, 0.3) is 0 Å². The molecule has 4 N–H and O–H groups in total. The summed E-state index contributed by atoms with van der Waals surface area (Å²) in [7, 11) is 0. The van der Waals surface area contributed by atoms with Crippen molar-refractivity contribution in [3.63, 3.8) is 0 Å². The molecule has 1 fully saturated rings. The highest BCUT2D eigenvalue weighted by molar-refractivity contribution is 5.84. The van der Waals surface area contributed by atoms with Crippen LogP contribution in [0.25, 0.3) is 0 Å². The van der Waals surface area contributed by atoms with Crippen LogP contribution in [0.5, 0.6) is 0 Å². The Kier molecular flexibility index (Phi) is 6.28. The van der Waals surface area contributed by atoms with E-state index in [0.29, 0.717) is 32.0 Å². The van der Waals surface area contributed by atoms with Crippen molar-refractivity contribution < 1.29 is 9.59 Å². The first kappa shape index (κ1) is 16.0. The molecule has 19 heavy (non-hydrogen) atoms. The van der Waals surface area contributed by atoms with Gasteiger partial charge in [-0.3, -0.25) is 9.59 Å². The van der Waals surface area contributed by atoms with Crippen LogP contribution in [0.3, 0.4) is 0 Å². The smallest absolute Gasteiger partial charge is 0.227 e. The van der Waals surface area contributed by atoms with Gasteiger partial charge in [-0.25, -0.2) is 0 Å². The Hall–Kier alpha value is -1.10. The predicted octanol–water partition coefficient (Wildman–Crippen LogP) is 0.784. The molecule has 0 aromatic rings. The van der Waals surface area contributed by atoms with Crippen molar-refractivity contribution in [3.05, 3.63) is 0 Å². The lowest BCUT2D eigenvalue weighted by Crippen LogP contribution is -2.45. The van der Waals surface area contributed by atoms with Gasteiger partial charge in [-0.15, -0.1) is 0 Å². The summed E-state index contributed by atoms with van der Waals surface area (Å²) in [6, 6.07) is 0. The van der Waals surface area contributed by atoms with Crippen LogP contribution in [0.1, 0.15) is 46.0 Å². The van der Waals surface area contributed by atoms with Crippen LogP contribution in [-0.4, -0.2) is 31.4 Å². The summed E-state index contributed by atoms with van der Waals surface area (Å²) in [5.41, 5.74) is 5.36. The standard InChI is InChI=1S/C14H27N3O2/c1-11(2)9-17-12(18)5-8-16-13(19)14(10-15)6-3-4-7-14/h11H,3-10,15H2,1-2H3,(H,16,19)(H,17,18). The van der Waals surface area contributed by atoms with Gasteiger partial charge in [-0.1, -0.05) is 26.7 Å². The lowest BCUT2D eigenvalue weighted by molar-refractivity contribution is -0.130. The normalized spacial score (nSPS) is 17.5. The van der Waals surface area contributed by atoms with E-state index in [4.69, 9.17) is 5.73 Å². The van der Waals surface area contributed by atoms with E-state index >= 15 is 0 Å². The highest BCUT2D eigenvalue weighted by Gasteiger charge is 2.39. The summed E-state index contributed by atoms with van der Waals surface area (Å²) in [4.78, 5) is 23.6. The average molecular weight is 269 g/mol. The third kappa shape index (κ3) is 4.82. The summed E-state index contributed by atoms with van der Waals surface area (Å²) in [5.74, 6) is 0.448. The third-order valence-corrected chi connectivity index (χ3v) is 3.78. The Bertz CT molecular complexity index is 310. The summed E-state index contributed by atoms with van der Waals surface area (Å²) < 4.78 is 0. The molecule has 110 valence electrons. The van der Waals surface area contributed by atoms with Crippen molar-refractivity contribution in [3.8, 4) is 0 Å². The molecule has 0 heterocycles. The minimum absolute atomic E-state index is 0.0118.